The molecule has 1 aromatic carbocycles. The number of nitrogens with zero attached hydrogens (tertiary/aromatic N) is 2. The molecule has 1 rings (SSSR count). The van der Waals surface area contributed by atoms with Gasteiger partial charge in [-0.2, -0.15) is 5.26 Å². The Morgan fingerprint density at radius 2 is 2.24 bits per heavy atom. The molecule has 0 atom stereocenters. The van der Waals surface area contributed by atoms with Crippen molar-refractivity contribution < 1.29 is 9.18 Å². The number of hydrogen-bond donors (Lipinski definition) is 0. The fourth-order valence-electron chi connectivity index (χ4n) is 1.57. The van der Waals surface area contributed by atoms with Crippen LogP contribution in [-0.4, -0.2) is 23.9 Å². The molecular weight excluding hydrogens is 219 g/mol. The van der Waals surface area contributed by atoms with Gasteiger partial charge in [0, 0.05) is 12.1 Å². The molecule has 0 radical (unpaired) electrons. The van der Waals surface area contributed by atoms with Crippen LogP contribution in [0.3, 0.4) is 0 Å². The predicted octanol–water partition coefficient (Wildman–Crippen LogP) is 2.51. The summed E-state index contributed by atoms with van der Waals surface area (Å²) >= 11 is 0. The summed E-state index contributed by atoms with van der Waals surface area (Å²) in [7, 11) is 0. The van der Waals surface area contributed by atoms with Crippen molar-refractivity contribution in [1.82, 2.24) is 4.90 Å². The van der Waals surface area contributed by atoms with Gasteiger partial charge in [0.05, 0.1) is 6.07 Å². The van der Waals surface area contributed by atoms with E-state index in [2.05, 4.69) is 0 Å². The molecule has 0 heterocycles. The van der Waals surface area contributed by atoms with Crippen LogP contribution in [0.4, 0.5) is 4.39 Å². The van der Waals surface area contributed by atoms with Crippen LogP contribution in [-0.2, 0) is 0 Å². The molecule has 0 aromatic heterocycles. The van der Waals surface area contributed by atoms with Crippen molar-refractivity contribution in [3.05, 3.63) is 35.1 Å². The Kier molecular flexibility index (Phi) is 4.65. The first-order chi connectivity index (χ1) is 8.10. The maximum Gasteiger partial charge on any atom is 0.254 e. The molecule has 0 saturated carbocycles. The van der Waals surface area contributed by atoms with Crippen molar-refractivity contribution in [2.75, 3.05) is 13.1 Å². The first-order valence-corrected chi connectivity index (χ1v) is 5.52. The highest BCUT2D eigenvalue weighted by molar-refractivity contribution is 5.94. The second-order valence-corrected chi connectivity index (χ2v) is 3.85. The monoisotopic (exact) mass is 234 g/mol. The lowest BCUT2D eigenvalue weighted by molar-refractivity contribution is 0.0776. The molecule has 0 aliphatic heterocycles. The Bertz CT molecular complexity index is 451. The van der Waals surface area contributed by atoms with E-state index in [1.54, 1.807) is 6.92 Å². The van der Waals surface area contributed by atoms with Crippen molar-refractivity contribution in [1.29, 1.82) is 5.26 Å². The van der Waals surface area contributed by atoms with Gasteiger partial charge in [-0.05, 0) is 37.1 Å². The van der Waals surface area contributed by atoms with Crippen LogP contribution in [0.15, 0.2) is 18.2 Å². The van der Waals surface area contributed by atoms with E-state index in [4.69, 9.17) is 5.26 Å². The molecule has 0 bridgehead atoms. The Hall–Kier alpha value is -1.89. The van der Waals surface area contributed by atoms with Crippen molar-refractivity contribution >= 4 is 5.91 Å². The van der Waals surface area contributed by atoms with E-state index < -0.39 is 0 Å². The normalized spacial score (nSPS) is 9.76. The molecule has 0 spiro atoms. The molecule has 0 unspecified atom stereocenters. The van der Waals surface area contributed by atoms with E-state index in [-0.39, 0.29) is 18.3 Å². The van der Waals surface area contributed by atoms with E-state index >= 15 is 0 Å². The zero-order valence-corrected chi connectivity index (χ0v) is 10.0. The number of halogens is 1. The zero-order valence-electron chi connectivity index (χ0n) is 10.0. The van der Waals surface area contributed by atoms with E-state index in [0.717, 1.165) is 6.42 Å². The molecular formula is C13H15FN2O. The van der Waals surface area contributed by atoms with Crippen LogP contribution in [0, 0.1) is 24.1 Å². The van der Waals surface area contributed by atoms with Crippen molar-refractivity contribution in [2.24, 2.45) is 0 Å². The second-order valence-electron chi connectivity index (χ2n) is 3.85. The van der Waals surface area contributed by atoms with E-state index in [0.29, 0.717) is 17.7 Å². The van der Waals surface area contributed by atoms with Crippen molar-refractivity contribution in [3.63, 3.8) is 0 Å². The molecule has 0 fully saturated rings. The summed E-state index contributed by atoms with van der Waals surface area (Å²) in [5.74, 6) is -0.555. The van der Waals surface area contributed by atoms with Gasteiger partial charge in [-0.15, -0.1) is 0 Å². The number of benzene rings is 1. The summed E-state index contributed by atoms with van der Waals surface area (Å²) in [5.41, 5.74) is 0.858. The Labute approximate surface area is 100 Å². The number of rotatable bonds is 4. The molecule has 4 heteroatoms. The van der Waals surface area contributed by atoms with Crippen LogP contribution in [0.1, 0.15) is 29.3 Å². The number of carbonyl (C=O) groups excluding carboxylic acids is 1. The highest BCUT2D eigenvalue weighted by atomic mass is 19.1. The van der Waals surface area contributed by atoms with Gasteiger partial charge in [0.2, 0.25) is 0 Å². The number of nitriles is 1. The van der Waals surface area contributed by atoms with Gasteiger partial charge in [0.25, 0.3) is 5.91 Å². The summed E-state index contributed by atoms with van der Waals surface area (Å²) in [4.78, 5) is 13.5. The van der Waals surface area contributed by atoms with E-state index in [9.17, 15) is 9.18 Å². The fourth-order valence-corrected chi connectivity index (χ4v) is 1.57. The van der Waals surface area contributed by atoms with Gasteiger partial charge in [0.1, 0.15) is 12.4 Å². The number of aryl methyl sites for hydroxylation is 1. The number of carbonyl (C=O) groups is 1. The molecule has 17 heavy (non-hydrogen) atoms. The molecule has 1 aromatic rings. The smallest absolute Gasteiger partial charge is 0.254 e. The topological polar surface area (TPSA) is 44.1 Å². The van der Waals surface area contributed by atoms with Crippen LogP contribution >= 0.6 is 0 Å². The quantitative estimate of drug-likeness (QED) is 0.751. The van der Waals surface area contributed by atoms with Gasteiger partial charge in [-0.3, -0.25) is 4.79 Å². The summed E-state index contributed by atoms with van der Waals surface area (Å²) in [6.07, 6.45) is 0.785. The Morgan fingerprint density at radius 3 is 2.76 bits per heavy atom. The predicted molar refractivity (Wildman–Crippen MR) is 62.9 cm³/mol. The molecule has 0 aliphatic rings. The largest absolute Gasteiger partial charge is 0.325 e. The van der Waals surface area contributed by atoms with Gasteiger partial charge < -0.3 is 4.90 Å². The third-order valence-corrected chi connectivity index (χ3v) is 2.45. The van der Waals surface area contributed by atoms with Crippen molar-refractivity contribution in [3.8, 4) is 6.07 Å². The second kappa shape index (κ2) is 6.00. The lowest BCUT2D eigenvalue weighted by atomic mass is 10.1. The van der Waals surface area contributed by atoms with Crippen molar-refractivity contribution in [2.45, 2.75) is 20.3 Å². The minimum atomic E-state index is -0.330. The van der Waals surface area contributed by atoms with Crippen LogP contribution < -0.4 is 0 Å². The average Bonchev–Trinajstić information content (AvgIpc) is 2.31. The summed E-state index contributed by atoms with van der Waals surface area (Å²) in [6, 6.07) is 6.20. The molecule has 90 valence electrons. The fraction of sp³-hybridized carbons (Fsp3) is 0.385. The molecule has 0 aliphatic carbocycles. The van der Waals surface area contributed by atoms with Gasteiger partial charge in [-0.1, -0.05) is 6.92 Å². The first kappa shape index (κ1) is 13.2. The number of amides is 1. The first-order valence-electron chi connectivity index (χ1n) is 5.52. The number of hydrogen-bond acceptors (Lipinski definition) is 2. The van der Waals surface area contributed by atoms with E-state index in [1.165, 1.54) is 23.1 Å². The van der Waals surface area contributed by atoms with Gasteiger partial charge >= 0.3 is 0 Å². The lowest BCUT2D eigenvalue weighted by Gasteiger charge is -2.18. The molecule has 1 amide bonds. The lowest BCUT2D eigenvalue weighted by Crippen LogP contribution is -2.32. The van der Waals surface area contributed by atoms with Crippen LogP contribution in [0.25, 0.3) is 0 Å². The standard InChI is InChI=1S/C13H15FN2O/c1-3-7-16(8-6-15)13(17)11-4-5-12(14)10(2)9-11/h4-5,9H,3,7-8H2,1-2H3. The molecule has 0 saturated heterocycles. The van der Waals surface area contributed by atoms with Crippen LogP contribution in [0.2, 0.25) is 0 Å². The minimum absolute atomic E-state index is 0.0586. The SMILES string of the molecule is CCCN(CC#N)C(=O)c1ccc(F)c(C)c1. The third-order valence-electron chi connectivity index (χ3n) is 2.45. The highest BCUT2D eigenvalue weighted by Crippen LogP contribution is 2.11. The summed E-state index contributed by atoms with van der Waals surface area (Å²) in [5, 5.41) is 8.65. The minimum Gasteiger partial charge on any atom is -0.325 e. The Morgan fingerprint density at radius 1 is 1.53 bits per heavy atom. The highest BCUT2D eigenvalue weighted by Gasteiger charge is 2.15. The maximum atomic E-state index is 13.1. The molecule has 3 nitrogen and oxygen atoms in total. The van der Waals surface area contributed by atoms with E-state index in [1.807, 2.05) is 13.0 Å². The van der Waals surface area contributed by atoms with Gasteiger partial charge in [-0.25, -0.2) is 4.39 Å². The Balaban J connectivity index is 2.93. The maximum absolute atomic E-state index is 13.1. The third kappa shape index (κ3) is 3.28. The zero-order chi connectivity index (χ0) is 12.8. The van der Waals surface area contributed by atoms with Gasteiger partial charge in [0.15, 0.2) is 0 Å². The molecule has 0 N–H and O–H groups in total. The van der Waals surface area contributed by atoms with Crippen LogP contribution in [0.5, 0.6) is 0 Å². The summed E-state index contributed by atoms with van der Waals surface area (Å²) in [6.45, 7) is 4.14. The summed E-state index contributed by atoms with van der Waals surface area (Å²) < 4.78 is 13.1. The average molecular weight is 234 g/mol.